The Hall–Kier alpha value is -2.91. The first-order chi connectivity index (χ1) is 11.4. The van der Waals surface area contributed by atoms with Crippen LogP contribution in [0.1, 0.15) is 5.56 Å². The summed E-state index contributed by atoms with van der Waals surface area (Å²) in [5.41, 5.74) is -0.867. The van der Waals surface area contributed by atoms with Gasteiger partial charge in [-0.05, 0) is 17.3 Å². The number of hydrogen-bond acceptors (Lipinski definition) is 3. The maximum Gasteiger partial charge on any atom is 0.205 e. The summed E-state index contributed by atoms with van der Waals surface area (Å²) in [5.74, 6) is -11.0. The van der Waals surface area contributed by atoms with E-state index in [-0.39, 0.29) is 11.4 Å². The molecule has 0 aliphatic carbocycles. The van der Waals surface area contributed by atoms with Gasteiger partial charge in [0.2, 0.25) is 11.6 Å². The molecule has 0 atom stereocenters. The van der Waals surface area contributed by atoms with Crippen LogP contribution in [-0.4, -0.2) is 20.2 Å². The maximum absolute atomic E-state index is 13.6. The highest BCUT2D eigenvalue weighted by atomic mass is 19.2. The molecule has 4 nitrogen and oxygen atoms in total. The molecule has 0 saturated carbocycles. The van der Waals surface area contributed by atoms with Gasteiger partial charge in [-0.1, -0.05) is 12.1 Å². The molecular weight excluding hydrogens is 338 g/mol. The van der Waals surface area contributed by atoms with Crippen LogP contribution in [0.4, 0.5) is 26.3 Å². The lowest BCUT2D eigenvalue weighted by atomic mass is 10.1. The third-order valence-corrected chi connectivity index (χ3v) is 3.14. The second-order valence-corrected chi connectivity index (χ2v) is 4.70. The SMILES string of the molecule is Fc1cccc(-c2nnn(Cc3c(F)c(F)c(F)c(F)c3F)n2)c1. The first-order valence-corrected chi connectivity index (χ1v) is 6.42. The van der Waals surface area contributed by atoms with Gasteiger partial charge in [0.05, 0.1) is 12.1 Å². The van der Waals surface area contributed by atoms with Gasteiger partial charge < -0.3 is 0 Å². The van der Waals surface area contributed by atoms with Gasteiger partial charge in [-0.15, -0.1) is 10.2 Å². The molecule has 1 aromatic heterocycles. The molecule has 10 heteroatoms. The van der Waals surface area contributed by atoms with Crippen LogP contribution in [0.3, 0.4) is 0 Å². The van der Waals surface area contributed by atoms with Crippen LogP contribution in [0.5, 0.6) is 0 Å². The van der Waals surface area contributed by atoms with Gasteiger partial charge in [-0.3, -0.25) is 0 Å². The van der Waals surface area contributed by atoms with Crippen molar-refractivity contribution in [3.05, 3.63) is 64.7 Å². The smallest absolute Gasteiger partial charge is 0.205 e. The van der Waals surface area contributed by atoms with Crippen molar-refractivity contribution in [2.75, 3.05) is 0 Å². The van der Waals surface area contributed by atoms with Crippen molar-refractivity contribution in [3.8, 4) is 11.4 Å². The summed E-state index contributed by atoms with van der Waals surface area (Å²) in [6.45, 7) is -0.839. The van der Waals surface area contributed by atoms with E-state index in [1.807, 2.05) is 0 Å². The summed E-state index contributed by atoms with van der Waals surface area (Å²) in [6, 6.07) is 5.13. The average Bonchev–Trinajstić information content (AvgIpc) is 3.04. The lowest BCUT2D eigenvalue weighted by Crippen LogP contribution is -2.13. The Bertz CT molecular complexity index is 895. The van der Waals surface area contributed by atoms with E-state index >= 15 is 0 Å². The van der Waals surface area contributed by atoms with Crippen molar-refractivity contribution < 1.29 is 26.3 Å². The molecule has 3 aromatic rings. The fourth-order valence-electron chi connectivity index (χ4n) is 1.98. The molecule has 0 fully saturated rings. The van der Waals surface area contributed by atoms with Gasteiger partial charge in [-0.2, -0.15) is 4.80 Å². The molecule has 0 spiro atoms. The van der Waals surface area contributed by atoms with Crippen LogP contribution >= 0.6 is 0 Å². The minimum Gasteiger partial charge on any atom is -0.207 e. The highest BCUT2D eigenvalue weighted by Gasteiger charge is 2.26. The van der Waals surface area contributed by atoms with Crippen molar-refractivity contribution >= 4 is 0 Å². The lowest BCUT2D eigenvalue weighted by molar-refractivity contribution is 0.364. The van der Waals surface area contributed by atoms with Crippen molar-refractivity contribution in [1.29, 1.82) is 0 Å². The Morgan fingerprint density at radius 2 is 1.46 bits per heavy atom. The fourth-order valence-corrected chi connectivity index (χ4v) is 1.98. The Balaban J connectivity index is 1.96. The number of rotatable bonds is 3. The first kappa shape index (κ1) is 16.0. The standard InChI is InChI=1S/C14H6F6N4/c15-7-3-1-2-6(4-7)14-21-23-24(22-14)5-8-9(16)11(18)13(20)12(19)10(8)17/h1-4H,5H2. The van der Waals surface area contributed by atoms with Crippen LogP contribution in [0.2, 0.25) is 0 Å². The highest BCUT2D eigenvalue weighted by molar-refractivity contribution is 5.53. The van der Waals surface area contributed by atoms with E-state index in [1.54, 1.807) is 0 Å². The van der Waals surface area contributed by atoms with Gasteiger partial charge in [-0.25, -0.2) is 26.3 Å². The molecule has 1 heterocycles. The molecule has 0 aliphatic rings. The summed E-state index contributed by atoms with van der Waals surface area (Å²) >= 11 is 0. The van der Waals surface area contributed by atoms with Crippen LogP contribution < -0.4 is 0 Å². The van der Waals surface area contributed by atoms with E-state index in [1.165, 1.54) is 18.2 Å². The summed E-state index contributed by atoms with van der Waals surface area (Å²) in [7, 11) is 0. The molecule has 0 radical (unpaired) electrons. The van der Waals surface area contributed by atoms with Gasteiger partial charge in [0.1, 0.15) is 5.82 Å². The Kier molecular flexibility index (Phi) is 3.96. The summed E-state index contributed by atoms with van der Waals surface area (Å²) in [5, 5.41) is 10.8. The molecule has 24 heavy (non-hydrogen) atoms. The second kappa shape index (κ2) is 5.95. The molecule has 0 saturated heterocycles. The van der Waals surface area contributed by atoms with E-state index < -0.39 is 47.0 Å². The molecule has 124 valence electrons. The maximum atomic E-state index is 13.6. The number of aromatic nitrogens is 4. The predicted octanol–water partition coefficient (Wildman–Crippen LogP) is 3.22. The van der Waals surface area contributed by atoms with Crippen molar-refractivity contribution in [1.82, 2.24) is 20.2 Å². The lowest BCUT2D eigenvalue weighted by Gasteiger charge is -2.06. The van der Waals surface area contributed by atoms with Gasteiger partial charge in [0.15, 0.2) is 23.3 Å². The third kappa shape index (κ3) is 2.70. The van der Waals surface area contributed by atoms with Crippen molar-refractivity contribution in [2.24, 2.45) is 0 Å². The Morgan fingerprint density at radius 3 is 2.08 bits per heavy atom. The largest absolute Gasteiger partial charge is 0.207 e. The van der Waals surface area contributed by atoms with Crippen LogP contribution in [-0.2, 0) is 6.54 Å². The third-order valence-electron chi connectivity index (χ3n) is 3.14. The normalized spacial score (nSPS) is 11.1. The number of halogens is 6. The summed E-state index contributed by atoms with van der Waals surface area (Å²) < 4.78 is 79.6. The molecular formula is C14H6F6N4. The number of hydrogen-bond donors (Lipinski definition) is 0. The highest BCUT2D eigenvalue weighted by Crippen LogP contribution is 2.23. The monoisotopic (exact) mass is 344 g/mol. The zero-order valence-electron chi connectivity index (χ0n) is 11.6. The second-order valence-electron chi connectivity index (χ2n) is 4.70. The van der Waals surface area contributed by atoms with E-state index in [2.05, 4.69) is 15.4 Å². The zero-order valence-corrected chi connectivity index (χ0v) is 11.6. The van der Waals surface area contributed by atoms with Crippen molar-refractivity contribution in [3.63, 3.8) is 0 Å². The van der Waals surface area contributed by atoms with Crippen LogP contribution in [0.15, 0.2) is 24.3 Å². The molecule has 0 bridgehead atoms. The molecule has 0 unspecified atom stereocenters. The van der Waals surface area contributed by atoms with E-state index in [0.717, 1.165) is 6.07 Å². The van der Waals surface area contributed by atoms with Crippen LogP contribution in [0.25, 0.3) is 11.4 Å². The number of tetrazole rings is 1. The minimum absolute atomic E-state index is 0.0710. The average molecular weight is 344 g/mol. The van der Waals surface area contributed by atoms with E-state index in [4.69, 9.17) is 0 Å². The first-order valence-electron chi connectivity index (χ1n) is 6.42. The van der Waals surface area contributed by atoms with Crippen LogP contribution in [0, 0.1) is 34.9 Å². The molecule has 3 rings (SSSR count). The van der Waals surface area contributed by atoms with E-state index in [9.17, 15) is 26.3 Å². The topological polar surface area (TPSA) is 43.6 Å². The zero-order chi connectivity index (χ0) is 17.4. The summed E-state index contributed by atoms with van der Waals surface area (Å²) in [4.78, 5) is 0.637. The van der Waals surface area contributed by atoms with Gasteiger partial charge >= 0.3 is 0 Å². The Labute approximate surface area is 130 Å². The molecule has 0 aliphatic heterocycles. The fraction of sp³-hybridized carbons (Fsp3) is 0.0714. The Morgan fingerprint density at radius 1 is 0.833 bits per heavy atom. The predicted molar refractivity (Wildman–Crippen MR) is 68.5 cm³/mol. The molecule has 0 N–H and O–H groups in total. The molecule has 0 amide bonds. The van der Waals surface area contributed by atoms with Crippen molar-refractivity contribution in [2.45, 2.75) is 6.54 Å². The van der Waals surface area contributed by atoms with Gasteiger partial charge in [0, 0.05) is 5.56 Å². The number of nitrogens with zero attached hydrogens (tertiary/aromatic N) is 4. The quantitative estimate of drug-likeness (QED) is 0.416. The molecule has 2 aromatic carbocycles. The minimum atomic E-state index is -2.25. The number of benzene rings is 2. The van der Waals surface area contributed by atoms with Gasteiger partial charge in [0.25, 0.3) is 0 Å². The summed E-state index contributed by atoms with van der Waals surface area (Å²) in [6.07, 6.45) is 0. The van der Waals surface area contributed by atoms with E-state index in [0.29, 0.717) is 4.80 Å².